The summed E-state index contributed by atoms with van der Waals surface area (Å²) in [6.45, 7) is 4.86. The number of carbonyl (C=O) groups excluding carboxylic acids is 1. The fourth-order valence-corrected chi connectivity index (χ4v) is 8.43. The number of benzene rings is 2. The van der Waals surface area contributed by atoms with E-state index in [1.54, 1.807) is 9.80 Å². The van der Waals surface area contributed by atoms with E-state index in [4.69, 9.17) is 16.3 Å². The summed E-state index contributed by atoms with van der Waals surface area (Å²) < 4.78 is 80.9. The molecule has 5 heterocycles. The number of halogens is 6. The molecule has 0 saturated carbocycles. The molecule has 2 aromatic carbocycles. The molecule has 43 heavy (non-hydrogen) atoms. The highest BCUT2D eigenvalue weighted by Gasteiger charge is 2.46. The second-order valence-corrected chi connectivity index (χ2v) is 13.0. The van der Waals surface area contributed by atoms with E-state index in [1.807, 2.05) is 0 Å². The van der Waals surface area contributed by atoms with Crippen molar-refractivity contribution < 1.29 is 31.5 Å². The minimum atomic E-state index is -4.95. The molecule has 226 valence electrons. The Morgan fingerprint density at radius 2 is 1.84 bits per heavy atom. The van der Waals surface area contributed by atoms with Gasteiger partial charge in [-0.05, 0) is 31.1 Å². The highest BCUT2D eigenvalue weighted by atomic mass is 35.5. The number of piperazine rings is 1. The first-order valence-corrected chi connectivity index (χ1v) is 15.0. The van der Waals surface area contributed by atoms with Crippen LogP contribution in [0.4, 0.5) is 27.8 Å². The van der Waals surface area contributed by atoms with E-state index in [0.29, 0.717) is 37.9 Å². The molecule has 1 spiro atoms. The molecule has 7 rings (SSSR count). The third-order valence-electron chi connectivity index (χ3n) is 8.83. The van der Waals surface area contributed by atoms with Crippen molar-refractivity contribution in [2.75, 3.05) is 37.0 Å². The molecule has 7 nitrogen and oxygen atoms in total. The highest BCUT2D eigenvalue weighted by molar-refractivity contribution is 7.99. The molecule has 1 aromatic heterocycles. The highest BCUT2D eigenvalue weighted by Crippen LogP contribution is 2.52. The van der Waals surface area contributed by atoms with E-state index >= 15 is 4.39 Å². The number of amides is 1. The van der Waals surface area contributed by atoms with Crippen LogP contribution in [-0.4, -0.2) is 64.5 Å². The Hall–Kier alpha value is -3.16. The lowest BCUT2D eigenvalue weighted by Gasteiger charge is -2.42. The Kier molecular flexibility index (Phi) is 6.60. The van der Waals surface area contributed by atoms with Crippen molar-refractivity contribution in [3.8, 4) is 11.1 Å². The molecule has 2 bridgehead atoms. The molecule has 4 aliphatic heterocycles. The number of alkyl halides is 3. The lowest BCUT2D eigenvalue weighted by atomic mass is 9.88. The molecule has 3 fully saturated rings. The van der Waals surface area contributed by atoms with Gasteiger partial charge in [-0.1, -0.05) is 18.2 Å². The summed E-state index contributed by atoms with van der Waals surface area (Å²) in [7, 11) is 0. The van der Waals surface area contributed by atoms with E-state index in [-0.39, 0.29) is 59.2 Å². The number of thioether (sulfide) groups is 1. The van der Waals surface area contributed by atoms with Gasteiger partial charge in [-0.15, -0.1) is 11.8 Å². The van der Waals surface area contributed by atoms with E-state index in [2.05, 4.69) is 11.6 Å². The average Bonchev–Trinajstić information content (AvgIpc) is 3.09. The number of ether oxygens (including phenoxy) is 1. The van der Waals surface area contributed by atoms with Crippen molar-refractivity contribution in [2.24, 2.45) is 5.41 Å². The first kappa shape index (κ1) is 28.6. The molecule has 0 unspecified atom stereocenters. The van der Waals surface area contributed by atoms with Crippen molar-refractivity contribution in [3.63, 3.8) is 0 Å². The van der Waals surface area contributed by atoms with Gasteiger partial charge in [0.2, 0.25) is 5.91 Å². The van der Waals surface area contributed by atoms with Crippen molar-refractivity contribution in [1.29, 1.82) is 0 Å². The predicted molar refractivity (Wildman–Crippen MR) is 151 cm³/mol. The van der Waals surface area contributed by atoms with Gasteiger partial charge in [-0.25, -0.2) is 13.6 Å². The first-order valence-electron chi connectivity index (χ1n) is 13.6. The van der Waals surface area contributed by atoms with Crippen LogP contribution in [0.25, 0.3) is 22.0 Å². The lowest BCUT2D eigenvalue weighted by molar-refractivity contribution is -0.137. The Morgan fingerprint density at radius 3 is 2.44 bits per heavy atom. The summed E-state index contributed by atoms with van der Waals surface area (Å²) in [6, 6.07) is 1.77. The molecule has 3 saturated heterocycles. The van der Waals surface area contributed by atoms with E-state index < -0.39 is 50.6 Å². The van der Waals surface area contributed by atoms with Gasteiger partial charge in [0, 0.05) is 70.4 Å². The third-order valence-corrected chi connectivity index (χ3v) is 10.6. The van der Waals surface area contributed by atoms with Crippen LogP contribution in [0.1, 0.15) is 18.4 Å². The summed E-state index contributed by atoms with van der Waals surface area (Å²) in [5, 5.41) is -0.443. The number of hydrogen-bond acceptors (Lipinski definition) is 6. The second-order valence-electron chi connectivity index (χ2n) is 11.6. The van der Waals surface area contributed by atoms with Crippen LogP contribution in [0.15, 0.2) is 40.5 Å². The fraction of sp³-hybridized carbons (Fsp3) is 0.414. The number of aromatic nitrogens is 2. The van der Waals surface area contributed by atoms with Crippen LogP contribution in [-0.2, 0) is 22.3 Å². The first-order chi connectivity index (χ1) is 20.4. The Bertz CT molecular complexity index is 1760. The van der Waals surface area contributed by atoms with E-state index in [1.165, 1.54) is 10.6 Å². The monoisotopic (exact) mass is 638 g/mol. The molecule has 0 aliphatic carbocycles. The third kappa shape index (κ3) is 4.45. The van der Waals surface area contributed by atoms with Gasteiger partial charge in [-0.3, -0.25) is 9.36 Å². The van der Waals surface area contributed by atoms with Crippen molar-refractivity contribution in [1.82, 2.24) is 14.5 Å². The standard InChI is InChI=1S/C29H24ClF5N4O3S/c1-2-22(40)39-14-3-4-15(39)9-37(8-14)26-17-5-18(29(33,34)35)23(16-6-19(30)21(32)7-20(16)31)25-24(17)38(27(41)36-26)10-28(13-43-25)11-42-12-28/h2,5-7,14-15H,1,3-4,8-13H2/t14-,15+. The summed E-state index contributed by atoms with van der Waals surface area (Å²) in [4.78, 5) is 34.1. The zero-order valence-corrected chi connectivity index (χ0v) is 24.1. The van der Waals surface area contributed by atoms with Crippen LogP contribution in [0.2, 0.25) is 5.02 Å². The zero-order valence-electron chi connectivity index (χ0n) is 22.5. The Balaban J connectivity index is 1.51. The van der Waals surface area contributed by atoms with Gasteiger partial charge in [0.15, 0.2) is 0 Å². The van der Waals surface area contributed by atoms with E-state index in [9.17, 15) is 27.2 Å². The molecule has 1 amide bonds. The predicted octanol–water partition coefficient (Wildman–Crippen LogP) is 5.50. The maximum Gasteiger partial charge on any atom is 0.417 e. The SMILES string of the molecule is C=CC(=O)N1[C@@H]2CC[C@H]1CN(c1nc(=O)n3c4c(c(-c5cc(Cl)c(F)cc5F)c(C(F)(F)F)cc14)SCC1(COC1)C3)C2. The summed E-state index contributed by atoms with van der Waals surface area (Å²) in [5.74, 6) is -2.15. The number of anilines is 1. The normalized spacial score (nSPS) is 22.6. The largest absolute Gasteiger partial charge is 0.417 e. The average molecular weight is 639 g/mol. The fourth-order valence-electron chi connectivity index (χ4n) is 6.84. The number of fused-ring (bicyclic) bond motifs is 2. The molecule has 4 aliphatic rings. The number of rotatable bonds is 3. The number of carbonyl (C=O) groups is 1. The maximum absolute atomic E-state index is 15.3. The quantitative estimate of drug-likeness (QED) is 0.214. The van der Waals surface area contributed by atoms with E-state index in [0.717, 1.165) is 23.9 Å². The summed E-state index contributed by atoms with van der Waals surface area (Å²) >= 11 is 7.03. The zero-order chi connectivity index (χ0) is 30.4. The van der Waals surface area contributed by atoms with Crippen LogP contribution < -0.4 is 10.6 Å². The van der Waals surface area contributed by atoms with Gasteiger partial charge in [0.05, 0.1) is 29.3 Å². The second kappa shape index (κ2) is 9.93. The van der Waals surface area contributed by atoms with Crippen molar-refractivity contribution in [2.45, 2.75) is 42.5 Å². The van der Waals surface area contributed by atoms with Crippen LogP contribution >= 0.6 is 23.4 Å². The van der Waals surface area contributed by atoms with Crippen LogP contribution in [0.3, 0.4) is 0 Å². The lowest BCUT2D eigenvalue weighted by Crippen LogP contribution is -2.56. The molecule has 3 aromatic rings. The Labute approximate surface area is 251 Å². The van der Waals surface area contributed by atoms with Crippen molar-refractivity contribution in [3.05, 3.63) is 63.6 Å². The van der Waals surface area contributed by atoms with Gasteiger partial charge in [0.25, 0.3) is 0 Å². The molecule has 14 heteroatoms. The van der Waals surface area contributed by atoms with Gasteiger partial charge >= 0.3 is 11.9 Å². The van der Waals surface area contributed by atoms with Crippen LogP contribution in [0, 0.1) is 17.0 Å². The molecular formula is C29H24ClF5N4O3S. The minimum absolute atomic E-state index is 0.0411. The molecular weight excluding hydrogens is 615 g/mol. The Morgan fingerprint density at radius 1 is 1.14 bits per heavy atom. The number of nitrogens with zero attached hydrogens (tertiary/aromatic N) is 4. The van der Waals surface area contributed by atoms with Gasteiger partial charge < -0.3 is 14.5 Å². The number of hydrogen-bond donors (Lipinski definition) is 0. The smallest absolute Gasteiger partial charge is 0.380 e. The minimum Gasteiger partial charge on any atom is -0.380 e. The van der Waals surface area contributed by atoms with Gasteiger partial charge in [0.1, 0.15) is 17.5 Å². The van der Waals surface area contributed by atoms with Crippen LogP contribution in [0.5, 0.6) is 0 Å². The maximum atomic E-state index is 15.3. The molecule has 0 radical (unpaired) electrons. The summed E-state index contributed by atoms with van der Waals surface area (Å²) in [5.41, 5.74) is -3.17. The molecule has 0 N–H and O–H groups in total. The molecule has 2 atom stereocenters. The van der Waals surface area contributed by atoms with Gasteiger partial charge in [-0.2, -0.15) is 18.2 Å². The van der Waals surface area contributed by atoms with Crippen molar-refractivity contribution >= 4 is 46.0 Å². The topological polar surface area (TPSA) is 67.7 Å². The summed E-state index contributed by atoms with van der Waals surface area (Å²) in [6.07, 6.45) is -2.32.